The van der Waals surface area contributed by atoms with Crippen molar-refractivity contribution in [1.82, 2.24) is 19.5 Å². The highest BCUT2D eigenvalue weighted by molar-refractivity contribution is 7.13. The highest BCUT2D eigenvalue weighted by Gasteiger charge is 2.18. The minimum atomic E-state index is 0.678. The lowest BCUT2D eigenvalue weighted by Crippen LogP contribution is -1.99. The van der Waals surface area contributed by atoms with Crippen LogP contribution in [0.25, 0.3) is 38.7 Å². The fraction of sp³-hybridized carbons (Fsp3) is 0.174. The van der Waals surface area contributed by atoms with E-state index in [0.29, 0.717) is 5.65 Å². The number of para-hydroxylation sites is 2. The van der Waals surface area contributed by atoms with Crippen LogP contribution in [0.3, 0.4) is 0 Å². The van der Waals surface area contributed by atoms with Crippen molar-refractivity contribution in [2.75, 3.05) is 0 Å². The number of benzene rings is 2. The van der Waals surface area contributed by atoms with Crippen molar-refractivity contribution in [3.05, 3.63) is 71.6 Å². The lowest BCUT2D eigenvalue weighted by atomic mass is 10.1. The summed E-state index contributed by atoms with van der Waals surface area (Å²) < 4.78 is 2.13. The van der Waals surface area contributed by atoms with Gasteiger partial charge >= 0.3 is 0 Å². The normalized spacial score (nSPS) is 11.5. The van der Waals surface area contributed by atoms with Gasteiger partial charge in [0, 0.05) is 5.69 Å². The number of rotatable bonds is 5. The van der Waals surface area contributed by atoms with Crippen LogP contribution in [0.15, 0.2) is 66.0 Å². The van der Waals surface area contributed by atoms with E-state index in [2.05, 4.69) is 53.3 Å². The standard InChI is InChI=1S/C23H20N4S/c1-2-3-7-16-11-13-17(14-12-16)27-22(20-10-6-15-28-20)26-21-23(27)25-19-9-5-4-8-18(19)24-21/h4-6,8-15H,2-3,7H2,1H3. The van der Waals surface area contributed by atoms with Gasteiger partial charge in [0.1, 0.15) is 0 Å². The maximum atomic E-state index is 4.90. The fourth-order valence-corrected chi connectivity index (χ4v) is 4.17. The summed E-state index contributed by atoms with van der Waals surface area (Å²) in [4.78, 5) is 15.6. The molecule has 0 aliphatic carbocycles. The van der Waals surface area contributed by atoms with E-state index in [4.69, 9.17) is 15.0 Å². The van der Waals surface area contributed by atoms with Crippen LogP contribution < -0.4 is 0 Å². The maximum absolute atomic E-state index is 4.90. The Hall–Kier alpha value is -3.05. The molecule has 3 aromatic heterocycles. The van der Waals surface area contributed by atoms with E-state index >= 15 is 0 Å². The third kappa shape index (κ3) is 2.98. The molecule has 2 aromatic carbocycles. The van der Waals surface area contributed by atoms with Crippen molar-refractivity contribution < 1.29 is 0 Å². The zero-order valence-corrected chi connectivity index (χ0v) is 16.5. The molecule has 0 atom stereocenters. The topological polar surface area (TPSA) is 43.6 Å². The molecule has 5 heteroatoms. The summed E-state index contributed by atoms with van der Waals surface area (Å²) in [7, 11) is 0. The third-order valence-electron chi connectivity index (χ3n) is 4.92. The molecule has 138 valence electrons. The van der Waals surface area contributed by atoms with Gasteiger partial charge in [-0.3, -0.25) is 4.57 Å². The fourth-order valence-electron chi connectivity index (χ4n) is 3.47. The Morgan fingerprint density at radius 3 is 2.36 bits per heavy atom. The van der Waals surface area contributed by atoms with Gasteiger partial charge in [-0.25, -0.2) is 15.0 Å². The number of nitrogens with zero attached hydrogens (tertiary/aromatic N) is 4. The number of unbranched alkanes of at least 4 members (excludes halogenated alkanes) is 1. The zero-order chi connectivity index (χ0) is 18.9. The number of aromatic nitrogens is 4. The van der Waals surface area contributed by atoms with E-state index in [-0.39, 0.29) is 0 Å². The van der Waals surface area contributed by atoms with E-state index in [1.54, 1.807) is 11.3 Å². The van der Waals surface area contributed by atoms with Gasteiger partial charge < -0.3 is 0 Å². The summed E-state index contributed by atoms with van der Waals surface area (Å²) in [6, 6.07) is 20.9. The lowest BCUT2D eigenvalue weighted by molar-refractivity contribution is 0.795. The van der Waals surface area contributed by atoms with Crippen molar-refractivity contribution >= 4 is 33.7 Å². The summed E-state index contributed by atoms with van der Waals surface area (Å²) in [5.41, 5.74) is 5.65. The van der Waals surface area contributed by atoms with Gasteiger partial charge in [-0.05, 0) is 54.1 Å². The molecule has 0 bridgehead atoms. The van der Waals surface area contributed by atoms with Crippen LogP contribution in [-0.4, -0.2) is 19.5 Å². The summed E-state index contributed by atoms with van der Waals surface area (Å²) in [5, 5.41) is 2.07. The molecule has 0 saturated carbocycles. The van der Waals surface area contributed by atoms with Gasteiger partial charge in [0.25, 0.3) is 0 Å². The zero-order valence-electron chi connectivity index (χ0n) is 15.7. The average molecular weight is 385 g/mol. The van der Waals surface area contributed by atoms with Crippen LogP contribution in [0.1, 0.15) is 25.3 Å². The van der Waals surface area contributed by atoms with E-state index in [1.165, 1.54) is 18.4 Å². The first kappa shape index (κ1) is 17.1. The monoisotopic (exact) mass is 384 g/mol. The molecule has 28 heavy (non-hydrogen) atoms. The molecule has 0 unspecified atom stereocenters. The summed E-state index contributed by atoms with van der Waals surface area (Å²) in [6.45, 7) is 2.22. The highest BCUT2D eigenvalue weighted by atomic mass is 32.1. The van der Waals surface area contributed by atoms with Crippen LogP contribution in [0, 0.1) is 0 Å². The molecule has 0 spiro atoms. The van der Waals surface area contributed by atoms with Crippen molar-refractivity contribution in [2.45, 2.75) is 26.2 Å². The summed E-state index contributed by atoms with van der Waals surface area (Å²) in [6.07, 6.45) is 3.54. The number of hydrogen-bond donors (Lipinski definition) is 0. The second-order valence-electron chi connectivity index (χ2n) is 6.88. The first-order valence-corrected chi connectivity index (χ1v) is 10.5. The van der Waals surface area contributed by atoms with Crippen molar-refractivity contribution in [2.24, 2.45) is 0 Å². The smallest absolute Gasteiger partial charge is 0.199 e. The minimum Gasteiger partial charge on any atom is -0.275 e. The second kappa shape index (κ2) is 7.17. The molecule has 5 aromatic rings. The molecule has 0 radical (unpaired) electrons. The second-order valence-corrected chi connectivity index (χ2v) is 7.83. The van der Waals surface area contributed by atoms with Crippen molar-refractivity contribution in [3.63, 3.8) is 0 Å². The minimum absolute atomic E-state index is 0.678. The molecule has 0 N–H and O–H groups in total. The van der Waals surface area contributed by atoms with Gasteiger partial charge in [-0.1, -0.05) is 43.7 Å². The molecule has 4 nitrogen and oxygen atoms in total. The van der Waals surface area contributed by atoms with Gasteiger partial charge in [-0.2, -0.15) is 0 Å². The Labute approximate surface area is 167 Å². The molecule has 0 amide bonds. The van der Waals surface area contributed by atoms with Crippen LogP contribution in [0.2, 0.25) is 0 Å². The SMILES string of the molecule is CCCCc1ccc(-n2c(-c3cccs3)nc3nc4ccccc4nc32)cc1. The molecular weight excluding hydrogens is 364 g/mol. The molecule has 0 aliphatic heterocycles. The van der Waals surface area contributed by atoms with Gasteiger partial charge in [0.05, 0.1) is 15.9 Å². The highest BCUT2D eigenvalue weighted by Crippen LogP contribution is 2.31. The Kier molecular flexibility index (Phi) is 4.37. The van der Waals surface area contributed by atoms with Crippen LogP contribution >= 0.6 is 11.3 Å². The van der Waals surface area contributed by atoms with Gasteiger partial charge in [0.2, 0.25) is 0 Å². The Morgan fingerprint density at radius 2 is 1.64 bits per heavy atom. The third-order valence-corrected chi connectivity index (χ3v) is 5.79. The largest absolute Gasteiger partial charge is 0.275 e. The van der Waals surface area contributed by atoms with Gasteiger partial charge in [0.15, 0.2) is 17.1 Å². The molecule has 0 fully saturated rings. The van der Waals surface area contributed by atoms with E-state index in [9.17, 15) is 0 Å². The first-order valence-electron chi connectivity index (χ1n) is 9.62. The number of fused-ring (bicyclic) bond motifs is 2. The first-order chi connectivity index (χ1) is 13.8. The molecule has 0 aliphatic rings. The van der Waals surface area contributed by atoms with E-state index < -0.39 is 0 Å². The Bertz CT molecular complexity index is 1240. The molecule has 5 rings (SSSR count). The lowest BCUT2D eigenvalue weighted by Gasteiger charge is -2.09. The number of aryl methyl sites for hydroxylation is 1. The van der Waals surface area contributed by atoms with Gasteiger partial charge in [-0.15, -0.1) is 11.3 Å². The maximum Gasteiger partial charge on any atom is 0.199 e. The van der Waals surface area contributed by atoms with Crippen LogP contribution in [0.5, 0.6) is 0 Å². The predicted octanol–water partition coefficient (Wildman–Crippen LogP) is 6.04. The number of imidazole rings is 1. The summed E-state index contributed by atoms with van der Waals surface area (Å²) in [5.74, 6) is 0.890. The Balaban J connectivity index is 1.73. The molecule has 3 heterocycles. The van der Waals surface area contributed by atoms with Crippen molar-refractivity contribution in [3.8, 4) is 16.4 Å². The van der Waals surface area contributed by atoms with E-state index in [0.717, 1.165) is 39.5 Å². The average Bonchev–Trinajstić information content (AvgIpc) is 3.38. The summed E-state index contributed by atoms with van der Waals surface area (Å²) >= 11 is 1.68. The quantitative estimate of drug-likeness (QED) is 0.371. The van der Waals surface area contributed by atoms with E-state index in [1.807, 2.05) is 24.3 Å². The number of thiophene rings is 1. The van der Waals surface area contributed by atoms with Crippen LogP contribution in [0.4, 0.5) is 0 Å². The molecule has 0 saturated heterocycles. The van der Waals surface area contributed by atoms with Crippen molar-refractivity contribution in [1.29, 1.82) is 0 Å². The Morgan fingerprint density at radius 1 is 0.857 bits per heavy atom. The van der Waals surface area contributed by atoms with Crippen LogP contribution in [-0.2, 0) is 6.42 Å². The molecular formula is C23H20N4S. The predicted molar refractivity (Wildman–Crippen MR) is 116 cm³/mol. The number of hydrogen-bond acceptors (Lipinski definition) is 4.